The van der Waals surface area contributed by atoms with Crippen molar-refractivity contribution in [1.82, 2.24) is 0 Å². The van der Waals surface area contributed by atoms with E-state index in [0.29, 0.717) is 11.6 Å². The van der Waals surface area contributed by atoms with Crippen LogP contribution in [0.3, 0.4) is 0 Å². The SMILES string of the molecule is O=[N+]([O-])c1cccc(N/N=C\C2CCCCC2)c1. The van der Waals surface area contributed by atoms with Crippen LogP contribution in [0.15, 0.2) is 29.4 Å². The average Bonchev–Trinajstić information content (AvgIpc) is 2.40. The van der Waals surface area contributed by atoms with Crippen LogP contribution in [0.4, 0.5) is 11.4 Å². The molecule has 5 nitrogen and oxygen atoms in total. The standard InChI is InChI=1S/C13H17N3O2/c17-16(18)13-8-4-7-12(9-13)15-14-10-11-5-2-1-3-6-11/h4,7-11,15H,1-3,5-6H2/b14-10-. The summed E-state index contributed by atoms with van der Waals surface area (Å²) in [5.74, 6) is 0.546. The molecule has 96 valence electrons. The van der Waals surface area contributed by atoms with Crippen LogP contribution in [0.25, 0.3) is 0 Å². The monoisotopic (exact) mass is 247 g/mol. The Balaban J connectivity index is 1.90. The van der Waals surface area contributed by atoms with Crippen molar-refractivity contribution in [2.45, 2.75) is 32.1 Å². The van der Waals surface area contributed by atoms with Crippen LogP contribution >= 0.6 is 0 Å². The quantitative estimate of drug-likeness (QED) is 0.502. The summed E-state index contributed by atoms with van der Waals surface area (Å²) in [5.41, 5.74) is 3.58. The van der Waals surface area contributed by atoms with E-state index < -0.39 is 4.92 Å². The van der Waals surface area contributed by atoms with Gasteiger partial charge in [-0.3, -0.25) is 15.5 Å². The summed E-state index contributed by atoms with van der Waals surface area (Å²) < 4.78 is 0. The van der Waals surface area contributed by atoms with Crippen molar-refractivity contribution in [3.63, 3.8) is 0 Å². The van der Waals surface area contributed by atoms with Crippen LogP contribution in [0.1, 0.15) is 32.1 Å². The smallest absolute Gasteiger partial charge is 0.271 e. The van der Waals surface area contributed by atoms with Crippen molar-refractivity contribution in [2.75, 3.05) is 5.43 Å². The number of anilines is 1. The molecule has 1 saturated carbocycles. The highest BCUT2D eigenvalue weighted by atomic mass is 16.6. The Kier molecular flexibility index (Phi) is 4.28. The maximum atomic E-state index is 10.6. The molecule has 0 spiro atoms. The molecule has 0 bridgehead atoms. The number of nitro groups is 1. The summed E-state index contributed by atoms with van der Waals surface area (Å²) in [5, 5.41) is 14.8. The van der Waals surface area contributed by atoms with Gasteiger partial charge < -0.3 is 0 Å². The van der Waals surface area contributed by atoms with Gasteiger partial charge in [-0.05, 0) is 24.8 Å². The number of benzene rings is 1. The fourth-order valence-corrected chi connectivity index (χ4v) is 2.19. The van der Waals surface area contributed by atoms with E-state index in [-0.39, 0.29) is 5.69 Å². The van der Waals surface area contributed by atoms with Gasteiger partial charge in [-0.25, -0.2) is 0 Å². The molecular formula is C13H17N3O2. The molecular weight excluding hydrogens is 230 g/mol. The molecule has 0 atom stereocenters. The number of hydrazone groups is 1. The predicted molar refractivity (Wildman–Crippen MR) is 71.8 cm³/mol. The predicted octanol–water partition coefficient (Wildman–Crippen LogP) is 3.57. The third-order valence-corrected chi connectivity index (χ3v) is 3.19. The molecule has 1 aromatic rings. The summed E-state index contributed by atoms with van der Waals surface area (Å²) in [7, 11) is 0. The highest BCUT2D eigenvalue weighted by Gasteiger charge is 2.10. The summed E-state index contributed by atoms with van der Waals surface area (Å²) in [6.45, 7) is 0. The van der Waals surface area contributed by atoms with Gasteiger partial charge >= 0.3 is 0 Å². The Morgan fingerprint density at radius 2 is 2.11 bits per heavy atom. The summed E-state index contributed by atoms with van der Waals surface area (Å²) in [6.07, 6.45) is 8.18. The number of rotatable bonds is 4. The fourth-order valence-electron chi connectivity index (χ4n) is 2.19. The number of hydrogen-bond donors (Lipinski definition) is 1. The highest BCUT2D eigenvalue weighted by molar-refractivity contribution is 5.63. The molecule has 5 heteroatoms. The van der Waals surface area contributed by atoms with Gasteiger partial charge in [0.15, 0.2) is 0 Å². The van der Waals surface area contributed by atoms with Gasteiger partial charge in [0.25, 0.3) is 5.69 Å². The second-order valence-electron chi connectivity index (χ2n) is 4.60. The van der Waals surface area contributed by atoms with E-state index in [1.54, 1.807) is 12.1 Å². The first kappa shape index (κ1) is 12.5. The Morgan fingerprint density at radius 1 is 1.33 bits per heavy atom. The lowest BCUT2D eigenvalue weighted by molar-refractivity contribution is -0.384. The van der Waals surface area contributed by atoms with Crippen molar-refractivity contribution in [3.8, 4) is 0 Å². The minimum atomic E-state index is -0.407. The van der Waals surface area contributed by atoms with Crippen molar-refractivity contribution in [2.24, 2.45) is 11.0 Å². The third kappa shape index (κ3) is 3.55. The lowest BCUT2D eigenvalue weighted by Gasteiger charge is -2.16. The highest BCUT2D eigenvalue weighted by Crippen LogP contribution is 2.22. The van der Waals surface area contributed by atoms with Crippen molar-refractivity contribution in [1.29, 1.82) is 0 Å². The molecule has 0 unspecified atom stereocenters. The molecule has 1 fully saturated rings. The van der Waals surface area contributed by atoms with Crippen molar-refractivity contribution < 1.29 is 4.92 Å². The molecule has 2 rings (SSSR count). The number of nitrogens with zero attached hydrogens (tertiary/aromatic N) is 2. The van der Waals surface area contributed by atoms with Gasteiger partial charge in [0.1, 0.15) is 0 Å². The third-order valence-electron chi connectivity index (χ3n) is 3.19. The number of non-ortho nitro benzene ring substituents is 1. The first-order chi connectivity index (χ1) is 8.75. The van der Waals surface area contributed by atoms with Gasteiger partial charge in [0.2, 0.25) is 0 Å². The van der Waals surface area contributed by atoms with Gasteiger partial charge in [-0.2, -0.15) is 5.10 Å². The zero-order valence-corrected chi connectivity index (χ0v) is 10.2. The Labute approximate surface area is 106 Å². The van der Waals surface area contributed by atoms with Gasteiger partial charge in [0.05, 0.1) is 10.6 Å². The first-order valence-electron chi connectivity index (χ1n) is 6.29. The van der Waals surface area contributed by atoms with Crippen LogP contribution in [0.5, 0.6) is 0 Å². The van der Waals surface area contributed by atoms with Gasteiger partial charge in [0, 0.05) is 18.3 Å². The number of hydrogen-bond acceptors (Lipinski definition) is 4. The van der Waals surface area contributed by atoms with Gasteiger partial charge in [-0.1, -0.05) is 25.3 Å². The van der Waals surface area contributed by atoms with Crippen LogP contribution < -0.4 is 5.43 Å². The zero-order valence-electron chi connectivity index (χ0n) is 10.2. The van der Waals surface area contributed by atoms with E-state index in [4.69, 9.17) is 0 Å². The molecule has 0 heterocycles. The molecule has 1 aliphatic rings. The second kappa shape index (κ2) is 6.14. The Bertz CT molecular complexity index is 440. The maximum absolute atomic E-state index is 10.6. The minimum Gasteiger partial charge on any atom is -0.279 e. The van der Waals surface area contributed by atoms with E-state index in [0.717, 1.165) is 0 Å². The summed E-state index contributed by atoms with van der Waals surface area (Å²) in [4.78, 5) is 10.2. The molecule has 0 saturated heterocycles. The van der Waals surface area contributed by atoms with Crippen molar-refractivity contribution >= 4 is 17.6 Å². The summed E-state index contributed by atoms with van der Waals surface area (Å²) >= 11 is 0. The lowest BCUT2D eigenvalue weighted by Crippen LogP contribution is -2.08. The van der Waals surface area contributed by atoms with E-state index in [9.17, 15) is 10.1 Å². The molecule has 1 aliphatic carbocycles. The molecule has 0 aliphatic heterocycles. The topological polar surface area (TPSA) is 67.5 Å². The van der Waals surface area contributed by atoms with Crippen molar-refractivity contribution in [3.05, 3.63) is 34.4 Å². The second-order valence-corrected chi connectivity index (χ2v) is 4.60. The molecule has 0 radical (unpaired) electrons. The van der Waals surface area contributed by atoms with Crippen LogP contribution in [-0.4, -0.2) is 11.1 Å². The summed E-state index contributed by atoms with van der Waals surface area (Å²) in [6, 6.07) is 6.37. The molecule has 0 amide bonds. The molecule has 0 aromatic heterocycles. The lowest BCUT2D eigenvalue weighted by atomic mass is 9.90. The largest absolute Gasteiger partial charge is 0.279 e. The number of nitro benzene ring substituents is 1. The molecule has 18 heavy (non-hydrogen) atoms. The van der Waals surface area contributed by atoms with E-state index in [1.165, 1.54) is 44.2 Å². The van der Waals surface area contributed by atoms with E-state index >= 15 is 0 Å². The fraction of sp³-hybridized carbons (Fsp3) is 0.462. The normalized spacial score (nSPS) is 16.9. The minimum absolute atomic E-state index is 0.0767. The zero-order chi connectivity index (χ0) is 12.8. The maximum Gasteiger partial charge on any atom is 0.271 e. The Hall–Kier alpha value is -1.91. The van der Waals surface area contributed by atoms with E-state index in [2.05, 4.69) is 10.5 Å². The van der Waals surface area contributed by atoms with Crippen LogP contribution in [0, 0.1) is 16.0 Å². The number of nitrogens with one attached hydrogen (secondary N) is 1. The van der Waals surface area contributed by atoms with Crippen LogP contribution in [0.2, 0.25) is 0 Å². The average molecular weight is 247 g/mol. The van der Waals surface area contributed by atoms with E-state index in [1.807, 2.05) is 6.21 Å². The van der Waals surface area contributed by atoms with Gasteiger partial charge in [-0.15, -0.1) is 0 Å². The molecule has 1 N–H and O–H groups in total. The Morgan fingerprint density at radius 3 is 2.83 bits per heavy atom. The first-order valence-corrected chi connectivity index (χ1v) is 6.29. The molecule has 1 aromatic carbocycles. The van der Waals surface area contributed by atoms with Crippen LogP contribution in [-0.2, 0) is 0 Å².